The van der Waals surface area contributed by atoms with Crippen molar-refractivity contribution in [3.8, 4) is 0 Å². The Kier molecular flexibility index (Phi) is 6.42. The minimum atomic E-state index is -0.0692. The summed E-state index contributed by atoms with van der Waals surface area (Å²) in [4.78, 5) is 21.1. The Morgan fingerprint density at radius 1 is 1.07 bits per heavy atom. The van der Waals surface area contributed by atoms with Crippen LogP contribution in [0.3, 0.4) is 0 Å². The van der Waals surface area contributed by atoms with Gasteiger partial charge in [0.05, 0.1) is 16.3 Å². The zero-order valence-corrected chi connectivity index (χ0v) is 19.1. The van der Waals surface area contributed by atoms with Crippen LogP contribution in [0.1, 0.15) is 29.8 Å². The van der Waals surface area contributed by atoms with Gasteiger partial charge < -0.3 is 0 Å². The smallest absolute Gasteiger partial charge is 0.260 e. The van der Waals surface area contributed by atoms with Gasteiger partial charge in [-0.1, -0.05) is 79.2 Å². The van der Waals surface area contributed by atoms with E-state index in [-0.39, 0.29) is 5.91 Å². The standard InChI is InChI=1S/C24H21ClN2OS2/c1-16(2)29-19-11-6-10-18(14-19)23(28)27(15-17-8-4-3-5-9-17)24-26-22-20(25)12-7-13-21(22)30-24/h3-14,16H,15H2,1-2H3. The van der Waals surface area contributed by atoms with E-state index in [1.165, 1.54) is 11.3 Å². The van der Waals surface area contributed by atoms with Gasteiger partial charge in [0.15, 0.2) is 5.13 Å². The van der Waals surface area contributed by atoms with Gasteiger partial charge in [-0.05, 0) is 35.9 Å². The monoisotopic (exact) mass is 452 g/mol. The maximum Gasteiger partial charge on any atom is 0.260 e. The first kappa shape index (κ1) is 20.9. The van der Waals surface area contributed by atoms with Crippen molar-refractivity contribution in [2.45, 2.75) is 30.5 Å². The lowest BCUT2D eigenvalue weighted by Crippen LogP contribution is -2.30. The summed E-state index contributed by atoms with van der Waals surface area (Å²) in [7, 11) is 0. The van der Waals surface area contributed by atoms with E-state index in [1.807, 2.05) is 72.8 Å². The van der Waals surface area contributed by atoms with Crippen LogP contribution < -0.4 is 4.90 Å². The van der Waals surface area contributed by atoms with Crippen molar-refractivity contribution < 1.29 is 4.79 Å². The van der Waals surface area contributed by atoms with E-state index >= 15 is 0 Å². The molecule has 3 aromatic carbocycles. The summed E-state index contributed by atoms with van der Waals surface area (Å²) >= 11 is 9.57. The van der Waals surface area contributed by atoms with E-state index < -0.39 is 0 Å². The van der Waals surface area contributed by atoms with Gasteiger partial charge in [0.25, 0.3) is 5.91 Å². The number of hydrogen-bond acceptors (Lipinski definition) is 4. The van der Waals surface area contributed by atoms with Crippen molar-refractivity contribution in [1.29, 1.82) is 0 Å². The summed E-state index contributed by atoms with van der Waals surface area (Å²) in [6.45, 7) is 4.73. The molecule has 1 amide bonds. The number of amides is 1. The number of thiazole rings is 1. The number of thioether (sulfide) groups is 1. The van der Waals surface area contributed by atoms with Crippen LogP contribution in [0.5, 0.6) is 0 Å². The van der Waals surface area contributed by atoms with Crippen molar-refractivity contribution in [3.63, 3.8) is 0 Å². The molecule has 1 heterocycles. The molecule has 30 heavy (non-hydrogen) atoms. The fraction of sp³-hybridized carbons (Fsp3) is 0.167. The van der Waals surface area contributed by atoms with Gasteiger partial charge >= 0.3 is 0 Å². The predicted molar refractivity (Wildman–Crippen MR) is 129 cm³/mol. The minimum absolute atomic E-state index is 0.0692. The van der Waals surface area contributed by atoms with Crippen LogP contribution >= 0.6 is 34.7 Å². The van der Waals surface area contributed by atoms with Crippen LogP contribution in [-0.2, 0) is 6.54 Å². The minimum Gasteiger partial charge on any atom is -0.279 e. The largest absolute Gasteiger partial charge is 0.279 e. The van der Waals surface area contributed by atoms with Crippen molar-refractivity contribution in [1.82, 2.24) is 4.98 Å². The molecule has 4 rings (SSSR count). The summed E-state index contributed by atoms with van der Waals surface area (Å²) < 4.78 is 0.965. The van der Waals surface area contributed by atoms with Gasteiger partial charge in [-0.15, -0.1) is 11.8 Å². The fourth-order valence-electron chi connectivity index (χ4n) is 3.14. The van der Waals surface area contributed by atoms with Crippen LogP contribution in [0.15, 0.2) is 77.7 Å². The third-order valence-electron chi connectivity index (χ3n) is 4.47. The van der Waals surface area contributed by atoms with Crippen molar-refractivity contribution >= 4 is 56.0 Å². The summed E-state index contributed by atoms with van der Waals surface area (Å²) in [5.74, 6) is -0.0692. The molecule has 0 unspecified atom stereocenters. The molecule has 0 radical (unpaired) electrons. The molecule has 0 spiro atoms. The lowest BCUT2D eigenvalue weighted by Gasteiger charge is -2.20. The Morgan fingerprint density at radius 3 is 2.57 bits per heavy atom. The molecule has 0 fully saturated rings. The number of rotatable bonds is 6. The summed E-state index contributed by atoms with van der Waals surface area (Å²) in [6, 6.07) is 23.5. The number of halogens is 1. The molecule has 4 aromatic rings. The first-order valence-electron chi connectivity index (χ1n) is 9.69. The number of nitrogens with zero attached hydrogens (tertiary/aromatic N) is 2. The predicted octanol–water partition coefficient (Wildman–Crippen LogP) is 7.30. The molecule has 1 aromatic heterocycles. The SMILES string of the molecule is CC(C)Sc1cccc(C(=O)N(Cc2ccccc2)c2nc3c(Cl)cccc3s2)c1. The maximum atomic E-state index is 13.6. The lowest BCUT2D eigenvalue weighted by atomic mass is 10.1. The van der Waals surface area contributed by atoms with Gasteiger partial charge in [-0.25, -0.2) is 4.98 Å². The Bertz CT molecular complexity index is 1170. The van der Waals surface area contributed by atoms with Gasteiger partial charge in [-0.3, -0.25) is 9.69 Å². The van der Waals surface area contributed by atoms with E-state index in [0.717, 1.165) is 20.7 Å². The van der Waals surface area contributed by atoms with Crippen LogP contribution in [0, 0.1) is 0 Å². The molecule has 6 heteroatoms. The molecule has 0 saturated heterocycles. The van der Waals surface area contributed by atoms with E-state index in [0.29, 0.717) is 27.5 Å². The van der Waals surface area contributed by atoms with E-state index in [2.05, 4.69) is 13.8 Å². The van der Waals surface area contributed by atoms with Gasteiger partial charge in [0, 0.05) is 15.7 Å². The van der Waals surface area contributed by atoms with Gasteiger partial charge in [0.2, 0.25) is 0 Å². The quantitative estimate of drug-likeness (QED) is 0.288. The van der Waals surface area contributed by atoms with Crippen LogP contribution in [0.4, 0.5) is 5.13 Å². The highest BCUT2D eigenvalue weighted by molar-refractivity contribution is 7.99. The zero-order valence-electron chi connectivity index (χ0n) is 16.7. The Labute approximate surface area is 189 Å². The summed E-state index contributed by atoms with van der Waals surface area (Å²) in [6.07, 6.45) is 0. The number of hydrogen-bond donors (Lipinski definition) is 0. The molecule has 0 aliphatic rings. The first-order valence-corrected chi connectivity index (χ1v) is 11.8. The van der Waals surface area contributed by atoms with Gasteiger partial charge in [0.1, 0.15) is 5.52 Å². The average molecular weight is 453 g/mol. The first-order chi connectivity index (χ1) is 14.5. The maximum absolute atomic E-state index is 13.6. The highest BCUT2D eigenvalue weighted by Gasteiger charge is 2.22. The number of para-hydroxylation sites is 1. The molecule has 0 bridgehead atoms. The van der Waals surface area contributed by atoms with Crippen LogP contribution in [0.2, 0.25) is 5.02 Å². The van der Waals surface area contributed by atoms with E-state index in [1.54, 1.807) is 16.7 Å². The molecule has 152 valence electrons. The lowest BCUT2D eigenvalue weighted by molar-refractivity contribution is 0.0985. The second kappa shape index (κ2) is 9.21. The fourth-order valence-corrected chi connectivity index (χ4v) is 5.30. The van der Waals surface area contributed by atoms with Crippen LogP contribution in [-0.4, -0.2) is 16.1 Å². The van der Waals surface area contributed by atoms with E-state index in [4.69, 9.17) is 16.6 Å². The third kappa shape index (κ3) is 4.69. The number of benzene rings is 3. The number of anilines is 1. The zero-order chi connectivity index (χ0) is 21.1. The molecule has 0 aliphatic carbocycles. The Balaban J connectivity index is 1.74. The molecular formula is C24H21ClN2OS2. The molecule has 0 atom stereocenters. The molecule has 3 nitrogen and oxygen atoms in total. The summed E-state index contributed by atoms with van der Waals surface area (Å²) in [5.41, 5.74) is 2.43. The summed E-state index contributed by atoms with van der Waals surface area (Å²) in [5, 5.41) is 1.69. The second-order valence-corrected chi connectivity index (χ2v) is 10.2. The van der Waals surface area contributed by atoms with Gasteiger partial charge in [-0.2, -0.15) is 0 Å². The third-order valence-corrected chi connectivity index (χ3v) is 6.82. The normalized spacial score (nSPS) is 11.2. The number of aromatic nitrogens is 1. The van der Waals surface area contributed by atoms with E-state index in [9.17, 15) is 4.79 Å². The van der Waals surface area contributed by atoms with Crippen LogP contribution in [0.25, 0.3) is 10.2 Å². The highest BCUT2D eigenvalue weighted by Crippen LogP contribution is 2.34. The second-order valence-electron chi connectivity index (χ2n) is 7.15. The van der Waals surface area contributed by atoms with Crippen molar-refractivity contribution in [2.75, 3.05) is 4.90 Å². The van der Waals surface area contributed by atoms with Crippen molar-refractivity contribution in [3.05, 3.63) is 88.9 Å². The number of carbonyl (C=O) groups is 1. The highest BCUT2D eigenvalue weighted by atomic mass is 35.5. The molecule has 0 saturated carbocycles. The number of fused-ring (bicyclic) bond motifs is 1. The average Bonchev–Trinajstić information content (AvgIpc) is 3.17. The Morgan fingerprint density at radius 2 is 1.83 bits per heavy atom. The molecule has 0 aliphatic heterocycles. The topological polar surface area (TPSA) is 33.2 Å². The number of carbonyl (C=O) groups excluding carboxylic acids is 1. The van der Waals surface area contributed by atoms with Crippen molar-refractivity contribution in [2.24, 2.45) is 0 Å². The molecular weight excluding hydrogens is 432 g/mol. The Hall–Kier alpha value is -2.34. The molecule has 0 N–H and O–H groups in total.